The first kappa shape index (κ1) is 16.2. The van der Waals surface area contributed by atoms with E-state index in [9.17, 15) is 4.79 Å². The molecule has 0 N–H and O–H groups in total. The minimum absolute atomic E-state index is 0.0742. The molecule has 0 aliphatic carbocycles. The van der Waals surface area contributed by atoms with Crippen LogP contribution in [-0.2, 0) is 17.8 Å². The number of hydrogen-bond acceptors (Lipinski definition) is 3. The summed E-state index contributed by atoms with van der Waals surface area (Å²) in [6, 6.07) is 8.28. The number of rotatable bonds is 3. The number of aryl methyl sites for hydroxylation is 1. The van der Waals surface area contributed by atoms with Crippen LogP contribution in [0.3, 0.4) is 0 Å². The molecule has 0 spiro atoms. The number of hydrogen-bond donors (Lipinski definition) is 0. The molecule has 25 heavy (non-hydrogen) atoms. The minimum atomic E-state index is -0.0742. The highest BCUT2D eigenvalue weighted by Gasteiger charge is 2.34. The number of likely N-dealkylation sites (tertiary alicyclic amines) is 1. The third-order valence-electron chi connectivity index (χ3n) is 5.30. The van der Waals surface area contributed by atoms with Gasteiger partial charge in [-0.1, -0.05) is 18.2 Å². The van der Waals surface area contributed by atoms with Gasteiger partial charge in [0, 0.05) is 12.7 Å². The highest BCUT2D eigenvalue weighted by Crippen LogP contribution is 2.29. The van der Waals surface area contributed by atoms with Crippen LogP contribution < -0.4 is 4.74 Å². The molecule has 5 heteroatoms. The summed E-state index contributed by atoms with van der Waals surface area (Å²) in [7, 11) is 0. The Morgan fingerprint density at radius 2 is 2.20 bits per heavy atom. The molecule has 0 radical (unpaired) electrons. The molecule has 2 aromatic rings. The number of piperidine rings is 1. The van der Waals surface area contributed by atoms with E-state index < -0.39 is 0 Å². The smallest absolute Gasteiger partial charge is 0.229 e. The van der Waals surface area contributed by atoms with Crippen molar-refractivity contribution in [3.63, 3.8) is 0 Å². The van der Waals surface area contributed by atoms with Crippen LogP contribution in [-0.4, -0.2) is 39.8 Å². The van der Waals surface area contributed by atoms with Crippen LogP contribution in [0.25, 0.3) is 0 Å². The predicted octanol–water partition coefficient (Wildman–Crippen LogP) is 2.82. The molecule has 0 bridgehead atoms. The molecule has 1 amide bonds. The molecule has 2 aliphatic heterocycles. The fraction of sp³-hybridized carbons (Fsp3) is 0.500. The van der Waals surface area contributed by atoms with Crippen LogP contribution in [0.15, 0.2) is 36.7 Å². The Bertz CT molecular complexity index is 755. The van der Waals surface area contributed by atoms with Gasteiger partial charge in [0.25, 0.3) is 0 Å². The van der Waals surface area contributed by atoms with E-state index in [1.165, 1.54) is 6.42 Å². The van der Waals surface area contributed by atoms with Gasteiger partial charge in [0.2, 0.25) is 5.91 Å². The third kappa shape index (κ3) is 3.41. The zero-order chi connectivity index (χ0) is 17.2. The summed E-state index contributed by atoms with van der Waals surface area (Å²) in [4.78, 5) is 15.3. The first-order chi connectivity index (χ1) is 12.2. The number of amides is 1. The number of carbonyl (C=O) groups excluding carboxylic acids is 1. The number of para-hydroxylation sites is 1. The molecule has 1 saturated heterocycles. The monoisotopic (exact) mass is 339 g/mol. The maximum Gasteiger partial charge on any atom is 0.229 e. The van der Waals surface area contributed by atoms with E-state index in [1.54, 1.807) is 0 Å². The second kappa shape index (κ2) is 6.90. The van der Waals surface area contributed by atoms with Crippen LogP contribution in [0.4, 0.5) is 0 Å². The highest BCUT2D eigenvalue weighted by molar-refractivity contribution is 5.80. The number of fused-ring (bicyclic) bond motifs is 1. The number of nitrogens with zero attached hydrogens (tertiary/aromatic N) is 3. The molecule has 1 fully saturated rings. The van der Waals surface area contributed by atoms with Crippen molar-refractivity contribution in [2.45, 2.75) is 45.2 Å². The van der Waals surface area contributed by atoms with Gasteiger partial charge in [-0.25, -0.2) is 0 Å². The lowest BCUT2D eigenvalue weighted by molar-refractivity contribution is -0.141. The van der Waals surface area contributed by atoms with Crippen molar-refractivity contribution in [3.05, 3.63) is 47.8 Å². The highest BCUT2D eigenvalue weighted by atomic mass is 16.5. The fourth-order valence-electron chi connectivity index (χ4n) is 3.98. The quantitative estimate of drug-likeness (QED) is 0.864. The van der Waals surface area contributed by atoms with Gasteiger partial charge in [-0.2, -0.15) is 5.10 Å². The van der Waals surface area contributed by atoms with Crippen LogP contribution in [0.1, 0.15) is 30.4 Å². The fourth-order valence-corrected chi connectivity index (χ4v) is 3.98. The van der Waals surface area contributed by atoms with Crippen molar-refractivity contribution in [1.82, 2.24) is 14.7 Å². The zero-order valence-corrected chi connectivity index (χ0v) is 14.7. The Balaban J connectivity index is 1.47. The lowest BCUT2D eigenvalue weighted by atomic mass is 9.93. The minimum Gasteiger partial charge on any atom is -0.492 e. The van der Waals surface area contributed by atoms with E-state index in [-0.39, 0.29) is 17.9 Å². The largest absolute Gasteiger partial charge is 0.492 e. The van der Waals surface area contributed by atoms with Crippen molar-refractivity contribution >= 4 is 5.91 Å². The Labute approximate surface area is 148 Å². The average molecular weight is 339 g/mol. The van der Waals surface area contributed by atoms with Crippen molar-refractivity contribution in [3.8, 4) is 5.75 Å². The third-order valence-corrected chi connectivity index (χ3v) is 5.30. The standard InChI is InChI=1S/C20H25N3O2/c1-15-11-21-22(12-15)13-18-7-4-5-9-23(18)20(24)17-10-16-6-2-3-8-19(16)25-14-17/h2-3,6,8,11-12,17-18H,4-5,7,9-10,13-14H2,1H3/t17-,18-/m0/s1. The molecule has 0 unspecified atom stereocenters. The van der Waals surface area contributed by atoms with Gasteiger partial charge < -0.3 is 9.64 Å². The summed E-state index contributed by atoms with van der Waals surface area (Å²) < 4.78 is 7.81. The normalized spacial score (nSPS) is 23.0. The molecule has 4 rings (SSSR count). The van der Waals surface area contributed by atoms with Gasteiger partial charge >= 0.3 is 0 Å². The van der Waals surface area contributed by atoms with Gasteiger partial charge in [-0.15, -0.1) is 0 Å². The summed E-state index contributed by atoms with van der Waals surface area (Å²) in [5.74, 6) is 1.09. The van der Waals surface area contributed by atoms with Gasteiger partial charge in [-0.05, 0) is 49.8 Å². The summed E-state index contributed by atoms with van der Waals surface area (Å²) in [6.07, 6.45) is 8.02. The summed E-state index contributed by atoms with van der Waals surface area (Å²) >= 11 is 0. The molecule has 1 aromatic heterocycles. The number of carbonyl (C=O) groups is 1. The van der Waals surface area contributed by atoms with Crippen molar-refractivity contribution in [2.24, 2.45) is 5.92 Å². The van der Waals surface area contributed by atoms with Gasteiger partial charge in [0.15, 0.2) is 0 Å². The van der Waals surface area contributed by atoms with E-state index in [1.807, 2.05) is 36.0 Å². The lowest BCUT2D eigenvalue weighted by Crippen LogP contribution is -2.50. The van der Waals surface area contributed by atoms with E-state index in [0.29, 0.717) is 6.61 Å². The van der Waals surface area contributed by atoms with Gasteiger partial charge in [-0.3, -0.25) is 9.48 Å². The lowest BCUT2D eigenvalue weighted by Gasteiger charge is -2.38. The first-order valence-electron chi connectivity index (χ1n) is 9.21. The van der Waals surface area contributed by atoms with Crippen molar-refractivity contribution < 1.29 is 9.53 Å². The Kier molecular flexibility index (Phi) is 4.47. The molecule has 5 nitrogen and oxygen atoms in total. The van der Waals surface area contributed by atoms with Gasteiger partial charge in [0.1, 0.15) is 12.4 Å². The van der Waals surface area contributed by atoms with Gasteiger partial charge in [0.05, 0.1) is 24.7 Å². The number of ether oxygens (including phenoxy) is 1. The maximum absolute atomic E-state index is 13.2. The van der Waals surface area contributed by atoms with Crippen LogP contribution in [0.2, 0.25) is 0 Å². The first-order valence-corrected chi connectivity index (χ1v) is 9.21. The number of benzene rings is 1. The second-order valence-corrected chi connectivity index (χ2v) is 7.24. The van der Waals surface area contributed by atoms with Crippen LogP contribution >= 0.6 is 0 Å². The Morgan fingerprint density at radius 3 is 3.04 bits per heavy atom. The van der Waals surface area contributed by atoms with E-state index in [2.05, 4.69) is 22.3 Å². The molecular formula is C20H25N3O2. The van der Waals surface area contributed by atoms with E-state index >= 15 is 0 Å². The molecule has 2 aliphatic rings. The van der Waals surface area contributed by atoms with Crippen molar-refractivity contribution in [1.29, 1.82) is 0 Å². The predicted molar refractivity (Wildman–Crippen MR) is 95.4 cm³/mol. The van der Waals surface area contributed by atoms with Crippen LogP contribution in [0.5, 0.6) is 5.75 Å². The molecule has 3 heterocycles. The summed E-state index contributed by atoms with van der Waals surface area (Å²) in [6.45, 7) is 4.16. The molecule has 1 aromatic carbocycles. The molecule has 0 saturated carbocycles. The topological polar surface area (TPSA) is 47.4 Å². The average Bonchev–Trinajstić information content (AvgIpc) is 3.06. The van der Waals surface area contributed by atoms with E-state index in [0.717, 1.165) is 49.2 Å². The maximum atomic E-state index is 13.2. The van der Waals surface area contributed by atoms with E-state index in [4.69, 9.17) is 4.74 Å². The SMILES string of the molecule is Cc1cnn(C[C@@H]2CCCCN2C(=O)[C@@H]2COc3ccccc3C2)c1. The Morgan fingerprint density at radius 1 is 1.32 bits per heavy atom. The number of aromatic nitrogens is 2. The summed E-state index contributed by atoms with van der Waals surface area (Å²) in [5, 5.41) is 4.40. The molecule has 132 valence electrons. The Hall–Kier alpha value is -2.30. The molecular weight excluding hydrogens is 314 g/mol. The van der Waals surface area contributed by atoms with Crippen LogP contribution in [0, 0.1) is 12.8 Å². The zero-order valence-electron chi connectivity index (χ0n) is 14.7. The summed E-state index contributed by atoms with van der Waals surface area (Å²) in [5.41, 5.74) is 2.30. The van der Waals surface area contributed by atoms with Crippen molar-refractivity contribution in [2.75, 3.05) is 13.2 Å². The molecule has 2 atom stereocenters. The second-order valence-electron chi connectivity index (χ2n) is 7.24.